The lowest BCUT2D eigenvalue weighted by molar-refractivity contribution is -0.122. The summed E-state index contributed by atoms with van der Waals surface area (Å²) in [5.41, 5.74) is 1.40. The predicted octanol–water partition coefficient (Wildman–Crippen LogP) is 5.76. The van der Waals surface area contributed by atoms with E-state index in [1.807, 2.05) is 12.1 Å². The molecule has 3 aromatic rings. The molecule has 29 heavy (non-hydrogen) atoms. The van der Waals surface area contributed by atoms with E-state index in [4.69, 9.17) is 16.3 Å². The number of benzene rings is 3. The lowest BCUT2D eigenvalue weighted by atomic mass is 10.1. The second kappa shape index (κ2) is 9.58. The third-order valence-corrected chi connectivity index (χ3v) is 4.81. The van der Waals surface area contributed by atoms with E-state index in [2.05, 4.69) is 26.6 Å². The molecule has 0 fully saturated rings. The standard InChI is InChI=1S/C22H18BrClN2O3/c1-14(29-18-12-8-16(24)9-13-18)21(27)26-20-5-3-2-4-19(20)22(28)25-17-10-6-15(23)7-11-17/h2-14H,1H3,(H,25,28)(H,26,27)/t14-/m1/s1. The number of halogens is 2. The zero-order valence-electron chi connectivity index (χ0n) is 15.5. The van der Waals surface area contributed by atoms with E-state index in [0.29, 0.717) is 27.7 Å². The fraction of sp³-hybridized carbons (Fsp3) is 0.0909. The molecule has 0 saturated carbocycles. The maximum absolute atomic E-state index is 12.7. The van der Waals surface area contributed by atoms with Crippen molar-refractivity contribution in [3.05, 3.63) is 87.9 Å². The fourth-order valence-electron chi connectivity index (χ4n) is 2.53. The molecule has 5 nitrogen and oxygen atoms in total. The van der Waals surface area contributed by atoms with Gasteiger partial charge in [-0.3, -0.25) is 9.59 Å². The van der Waals surface area contributed by atoms with Crippen LogP contribution in [0.25, 0.3) is 0 Å². The Kier molecular flexibility index (Phi) is 6.90. The van der Waals surface area contributed by atoms with Crippen LogP contribution in [0.3, 0.4) is 0 Å². The molecule has 0 aliphatic carbocycles. The molecule has 0 aromatic heterocycles. The Hall–Kier alpha value is -2.83. The molecular weight excluding hydrogens is 456 g/mol. The molecule has 3 aromatic carbocycles. The van der Waals surface area contributed by atoms with Crippen molar-refractivity contribution in [2.75, 3.05) is 10.6 Å². The molecular formula is C22H18BrClN2O3. The van der Waals surface area contributed by atoms with Crippen LogP contribution < -0.4 is 15.4 Å². The smallest absolute Gasteiger partial charge is 0.265 e. The molecule has 0 saturated heterocycles. The van der Waals surface area contributed by atoms with Crippen molar-refractivity contribution >= 4 is 50.7 Å². The monoisotopic (exact) mass is 472 g/mol. The topological polar surface area (TPSA) is 67.4 Å². The Balaban J connectivity index is 1.69. The van der Waals surface area contributed by atoms with Gasteiger partial charge < -0.3 is 15.4 Å². The van der Waals surface area contributed by atoms with Gasteiger partial charge in [-0.2, -0.15) is 0 Å². The van der Waals surface area contributed by atoms with Gasteiger partial charge in [0.25, 0.3) is 11.8 Å². The van der Waals surface area contributed by atoms with Crippen molar-refractivity contribution in [1.82, 2.24) is 0 Å². The van der Waals surface area contributed by atoms with E-state index in [9.17, 15) is 9.59 Å². The third-order valence-electron chi connectivity index (χ3n) is 4.03. The number of carbonyl (C=O) groups is 2. The quantitative estimate of drug-likeness (QED) is 0.478. The summed E-state index contributed by atoms with van der Waals surface area (Å²) >= 11 is 9.21. The summed E-state index contributed by atoms with van der Waals surface area (Å²) in [6, 6.07) is 20.8. The SMILES string of the molecule is C[C@@H](Oc1ccc(Cl)cc1)C(=O)Nc1ccccc1C(=O)Nc1ccc(Br)cc1. The van der Waals surface area contributed by atoms with Crippen molar-refractivity contribution in [2.24, 2.45) is 0 Å². The Bertz CT molecular complexity index is 1010. The minimum atomic E-state index is -0.765. The molecule has 7 heteroatoms. The van der Waals surface area contributed by atoms with Crippen LogP contribution in [0.5, 0.6) is 5.75 Å². The number of para-hydroxylation sites is 1. The van der Waals surface area contributed by atoms with E-state index in [-0.39, 0.29) is 11.8 Å². The molecule has 0 aliphatic rings. The van der Waals surface area contributed by atoms with Crippen LogP contribution in [0.4, 0.5) is 11.4 Å². The van der Waals surface area contributed by atoms with Gasteiger partial charge in [-0.05, 0) is 67.6 Å². The number of rotatable bonds is 6. The van der Waals surface area contributed by atoms with Gasteiger partial charge in [0.2, 0.25) is 0 Å². The molecule has 0 radical (unpaired) electrons. The van der Waals surface area contributed by atoms with Gasteiger partial charge in [-0.15, -0.1) is 0 Å². The Morgan fingerprint density at radius 2 is 1.59 bits per heavy atom. The highest BCUT2D eigenvalue weighted by Gasteiger charge is 2.18. The number of ether oxygens (including phenoxy) is 1. The maximum Gasteiger partial charge on any atom is 0.265 e. The Labute approximate surface area is 182 Å². The zero-order chi connectivity index (χ0) is 20.8. The summed E-state index contributed by atoms with van der Waals surface area (Å²) in [6.45, 7) is 1.63. The highest BCUT2D eigenvalue weighted by molar-refractivity contribution is 9.10. The highest BCUT2D eigenvalue weighted by Crippen LogP contribution is 2.21. The first kappa shape index (κ1) is 20.9. The Morgan fingerprint density at radius 1 is 0.931 bits per heavy atom. The summed E-state index contributed by atoms with van der Waals surface area (Å²) in [5.74, 6) is -0.170. The molecule has 3 rings (SSSR count). The van der Waals surface area contributed by atoms with Gasteiger partial charge in [0.1, 0.15) is 5.75 Å². The highest BCUT2D eigenvalue weighted by atomic mass is 79.9. The largest absolute Gasteiger partial charge is 0.481 e. The first-order valence-electron chi connectivity index (χ1n) is 8.81. The summed E-state index contributed by atoms with van der Waals surface area (Å²) in [5, 5.41) is 6.16. The summed E-state index contributed by atoms with van der Waals surface area (Å²) in [4.78, 5) is 25.2. The van der Waals surface area contributed by atoms with E-state index < -0.39 is 6.10 Å². The lowest BCUT2D eigenvalue weighted by Crippen LogP contribution is -2.31. The summed E-state index contributed by atoms with van der Waals surface area (Å²) in [6.07, 6.45) is -0.765. The molecule has 0 aliphatic heterocycles. The average Bonchev–Trinajstić information content (AvgIpc) is 2.71. The lowest BCUT2D eigenvalue weighted by Gasteiger charge is -2.16. The van der Waals surface area contributed by atoms with Crippen molar-refractivity contribution in [3.8, 4) is 5.75 Å². The number of carbonyl (C=O) groups excluding carboxylic acids is 2. The number of hydrogen-bond donors (Lipinski definition) is 2. The van der Waals surface area contributed by atoms with Crippen LogP contribution in [0.1, 0.15) is 17.3 Å². The molecule has 2 amide bonds. The van der Waals surface area contributed by atoms with Gasteiger partial charge in [0.15, 0.2) is 6.10 Å². The summed E-state index contributed by atoms with van der Waals surface area (Å²) in [7, 11) is 0. The molecule has 0 unspecified atom stereocenters. The minimum absolute atomic E-state index is 0.325. The normalized spacial score (nSPS) is 11.4. The predicted molar refractivity (Wildman–Crippen MR) is 119 cm³/mol. The van der Waals surface area contributed by atoms with Crippen molar-refractivity contribution < 1.29 is 14.3 Å². The van der Waals surface area contributed by atoms with Crippen LogP contribution in [0.15, 0.2) is 77.3 Å². The van der Waals surface area contributed by atoms with Crippen LogP contribution in [-0.4, -0.2) is 17.9 Å². The van der Waals surface area contributed by atoms with Crippen LogP contribution in [0.2, 0.25) is 5.02 Å². The van der Waals surface area contributed by atoms with E-state index in [1.165, 1.54) is 0 Å². The third kappa shape index (κ3) is 5.82. The first-order valence-corrected chi connectivity index (χ1v) is 9.98. The molecule has 0 heterocycles. The molecule has 0 spiro atoms. The fourth-order valence-corrected chi connectivity index (χ4v) is 2.92. The molecule has 0 bridgehead atoms. The molecule has 1 atom stereocenters. The second-order valence-electron chi connectivity index (χ2n) is 6.21. The molecule has 2 N–H and O–H groups in total. The average molecular weight is 474 g/mol. The van der Waals surface area contributed by atoms with E-state index in [0.717, 1.165) is 4.47 Å². The van der Waals surface area contributed by atoms with Gasteiger partial charge in [0, 0.05) is 15.2 Å². The van der Waals surface area contributed by atoms with Crippen LogP contribution >= 0.6 is 27.5 Å². The van der Waals surface area contributed by atoms with Crippen LogP contribution in [0, 0.1) is 0 Å². The van der Waals surface area contributed by atoms with Gasteiger partial charge in [0.05, 0.1) is 11.3 Å². The Morgan fingerprint density at radius 3 is 2.28 bits per heavy atom. The second-order valence-corrected chi connectivity index (χ2v) is 7.56. The number of nitrogens with one attached hydrogen (secondary N) is 2. The van der Waals surface area contributed by atoms with Gasteiger partial charge in [-0.1, -0.05) is 39.7 Å². The summed E-state index contributed by atoms with van der Waals surface area (Å²) < 4.78 is 6.55. The minimum Gasteiger partial charge on any atom is -0.481 e. The first-order chi connectivity index (χ1) is 13.9. The van der Waals surface area contributed by atoms with E-state index in [1.54, 1.807) is 67.6 Å². The number of hydrogen-bond acceptors (Lipinski definition) is 3. The maximum atomic E-state index is 12.7. The molecule has 148 valence electrons. The zero-order valence-corrected chi connectivity index (χ0v) is 17.8. The van der Waals surface area contributed by atoms with Crippen molar-refractivity contribution in [3.63, 3.8) is 0 Å². The van der Waals surface area contributed by atoms with E-state index >= 15 is 0 Å². The number of anilines is 2. The van der Waals surface area contributed by atoms with Gasteiger partial charge in [-0.25, -0.2) is 0 Å². The van der Waals surface area contributed by atoms with Crippen molar-refractivity contribution in [2.45, 2.75) is 13.0 Å². The van der Waals surface area contributed by atoms with Gasteiger partial charge >= 0.3 is 0 Å². The van der Waals surface area contributed by atoms with Crippen LogP contribution in [-0.2, 0) is 4.79 Å². The number of amides is 2. The van der Waals surface area contributed by atoms with Crippen molar-refractivity contribution in [1.29, 1.82) is 0 Å².